The highest BCUT2D eigenvalue weighted by Gasteiger charge is 2.20. The van der Waals surface area contributed by atoms with E-state index in [-0.39, 0.29) is 0 Å². The van der Waals surface area contributed by atoms with Crippen molar-refractivity contribution in [3.63, 3.8) is 0 Å². The van der Waals surface area contributed by atoms with Crippen LogP contribution in [0.25, 0.3) is 0 Å². The van der Waals surface area contributed by atoms with Crippen LogP contribution in [0.3, 0.4) is 0 Å². The average Bonchev–Trinajstić information content (AvgIpc) is 2.69. The van der Waals surface area contributed by atoms with Gasteiger partial charge in [0.25, 0.3) is 0 Å². The van der Waals surface area contributed by atoms with Gasteiger partial charge < -0.3 is 9.64 Å². The maximum Gasteiger partial charge on any atom is 0.417 e. The Morgan fingerprint density at radius 2 is 1.54 bits per heavy atom. The highest BCUT2D eigenvalue weighted by atomic mass is 16.6. The molecule has 0 unspecified atom stereocenters. The lowest BCUT2D eigenvalue weighted by Gasteiger charge is -2.32. The van der Waals surface area contributed by atoms with Gasteiger partial charge in [0.05, 0.1) is 11.4 Å². The molecule has 1 aliphatic heterocycles. The van der Waals surface area contributed by atoms with Gasteiger partial charge in [-0.15, -0.1) is 0 Å². The SMILES string of the molecule is O=C(Nc1ccccc1N1CCCc2ccccc21)Oc1ccccc1. The highest BCUT2D eigenvalue weighted by molar-refractivity contribution is 5.92. The van der Waals surface area contributed by atoms with Crippen LogP contribution in [0.4, 0.5) is 21.9 Å². The first-order valence-corrected chi connectivity index (χ1v) is 8.79. The lowest BCUT2D eigenvalue weighted by Crippen LogP contribution is -2.26. The Hall–Kier alpha value is -3.27. The van der Waals surface area contributed by atoms with Crippen LogP contribution in [0.1, 0.15) is 12.0 Å². The third-order valence-electron chi connectivity index (χ3n) is 4.50. The molecule has 3 aromatic carbocycles. The molecule has 0 atom stereocenters. The molecule has 4 nitrogen and oxygen atoms in total. The summed E-state index contributed by atoms with van der Waals surface area (Å²) in [5.41, 5.74) is 4.25. The zero-order valence-electron chi connectivity index (χ0n) is 14.4. The lowest BCUT2D eigenvalue weighted by atomic mass is 10.0. The summed E-state index contributed by atoms with van der Waals surface area (Å²) in [6, 6.07) is 25.3. The molecule has 0 spiro atoms. The molecule has 26 heavy (non-hydrogen) atoms. The summed E-state index contributed by atoms with van der Waals surface area (Å²) in [7, 11) is 0. The summed E-state index contributed by atoms with van der Waals surface area (Å²) < 4.78 is 5.36. The first-order chi connectivity index (χ1) is 12.8. The number of fused-ring (bicyclic) bond motifs is 1. The number of aryl methyl sites for hydroxylation is 1. The van der Waals surface area contributed by atoms with Gasteiger partial charge >= 0.3 is 6.09 Å². The van der Waals surface area contributed by atoms with Crippen LogP contribution in [0.15, 0.2) is 78.9 Å². The molecule has 3 aromatic rings. The summed E-state index contributed by atoms with van der Waals surface area (Å²) in [5, 5.41) is 2.88. The predicted molar refractivity (Wildman–Crippen MR) is 104 cm³/mol. The monoisotopic (exact) mass is 344 g/mol. The molecule has 0 aliphatic carbocycles. The maximum absolute atomic E-state index is 12.3. The molecule has 0 bridgehead atoms. The Balaban J connectivity index is 1.59. The molecule has 1 N–H and O–H groups in total. The van der Waals surface area contributed by atoms with E-state index in [1.165, 1.54) is 11.3 Å². The molecule has 0 saturated carbocycles. The third kappa shape index (κ3) is 3.40. The number of amides is 1. The number of nitrogens with zero attached hydrogens (tertiary/aromatic N) is 1. The number of anilines is 3. The van der Waals surface area contributed by atoms with Crippen molar-refractivity contribution in [2.45, 2.75) is 12.8 Å². The smallest absolute Gasteiger partial charge is 0.410 e. The Labute approximate surface area is 153 Å². The summed E-state index contributed by atoms with van der Waals surface area (Å²) in [4.78, 5) is 14.6. The molecule has 0 fully saturated rings. The van der Waals surface area contributed by atoms with Gasteiger partial charge in [0.15, 0.2) is 0 Å². The number of benzene rings is 3. The van der Waals surface area contributed by atoms with Crippen molar-refractivity contribution in [3.05, 3.63) is 84.4 Å². The topological polar surface area (TPSA) is 41.6 Å². The summed E-state index contributed by atoms with van der Waals surface area (Å²) in [5.74, 6) is 0.519. The number of para-hydroxylation sites is 4. The minimum Gasteiger partial charge on any atom is -0.410 e. The second-order valence-corrected chi connectivity index (χ2v) is 6.23. The molecule has 0 aromatic heterocycles. The van der Waals surface area contributed by atoms with Gasteiger partial charge in [-0.05, 0) is 48.7 Å². The average molecular weight is 344 g/mol. The highest BCUT2D eigenvalue weighted by Crippen LogP contribution is 2.37. The molecular formula is C22H20N2O2. The van der Waals surface area contributed by atoms with E-state index in [9.17, 15) is 4.79 Å². The Morgan fingerprint density at radius 3 is 2.38 bits per heavy atom. The normalized spacial score (nSPS) is 13.0. The van der Waals surface area contributed by atoms with Crippen LogP contribution < -0.4 is 15.0 Å². The number of hydrogen-bond donors (Lipinski definition) is 1. The van der Waals surface area contributed by atoms with E-state index in [4.69, 9.17) is 4.74 Å². The van der Waals surface area contributed by atoms with Gasteiger partial charge in [-0.3, -0.25) is 5.32 Å². The number of ether oxygens (including phenoxy) is 1. The van der Waals surface area contributed by atoms with Gasteiger partial charge in [0.1, 0.15) is 5.75 Å². The lowest BCUT2D eigenvalue weighted by molar-refractivity contribution is 0.215. The van der Waals surface area contributed by atoms with Gasteiger partial charge in [0, 0.05) is 12.2 Å². The van der Waals surface area contributed by atoms with Gasteiger partial charge in [-0.25, -0.2) is 4.79 Å². The van der Waals surface area contributed by atoms with Crippen molar-refractivity contribution in [3.8, 4) is 5.75 Å². The Bertz CT molecular complexity index is 909. The van der Waals surface area contributed by atoms with E-state index in [2.05, 4.69) is 34.5 Å². The quantitative estimate of drug-likeness (QED) is 0.693. The largest absolute Gasteiger partial charge is 0.417 e. The van der Waals surface area contributed by atoms with Crippen LogP contribution in [0.5, 0.6) is 5.75 Å². The molecule has 130 valence electrons. The predicted octanol–water partition coefficient (Wildman–Crippen LogP) is 5.38. The van der Waals surface area contributed by atoms with Crippen LogP contribution in [-0.4, -0.2) is 12.6 Å². The van der Waals surface area contributed by atoms with Gasteiger partial charge in [0.2, 0.25) is 0 Å². The van der Waals surface area contributed by atoms with Crippen molar-refractivity contribution in [2.75, 3.05) is 16.8 Å². The second-order valence-electron chi connectivity index (χ2n) is 6.23. The maximum atomic E-state index is 12.3. The summed E-state index contributed by atoms with van der Waals surface area (Å²) in [6.45, 7) is 0.920. The molecule has 0 radical (unpaired) electrons. The fourth-order valence-electron chi connectivity index (χ4n) is 3.33. The zero-order valence-corrected chi connectivity index (χ0v) is 14.4. The Kier molecular flexibility index (Phi) is 4.56. The fourth-order valence-corrected chi connectivity index (χ4v) is 3.33. The van der Waals surface area contributed by atoms with Crippen molar-refractivity contribution < 1.29 is 9.53 Å². The summed E-state index contributed by atoms with van der Waals surface area (Å²) in [6.07, 6.45) is 1.67. The molecule has 4 rings (SSSR count). The molecular weight excluding hydrogens is 324 g/mol. The van der Waals surface area contributed by atoms with Crippen LogP contribution >= 0.6 is 0 Å². The number of carbonyl (C=O) groups excluding carboxylic acids is 1. The molecule has 4 heteroatoms. The van der Waals surface area contributed by atoms with E-state index in [1.807, 2.05) is 42.5 Å². The van der Waals surface area contributed by atoms with Crippen LogP contribution in [0.2, 0.25) is 0 Å². The number of carbonyl (C=O) groups is 1. The van der Waals surface area contributed by atoms with Crippen molar-refractivity contribution in [1.29, 1.82) is 0 Å². The minimum atomic E-state index is -0.492. The van der Waals surface area contributed by atoms with E-state index >= 15 is 0 Å². The first kappa shape index (κ1) is 16.2. The van der Waals surface area contributed by atoms with Gasteiger partial charge in [-0.1, -0.05) is 48.5 Å². The van der Waals surface area contributed by atoms with E-state index in [1.54, 1.807) is 12.1 Å². The second kappa shape index (κ2) is 7.31. The minimum absolute atomic E-state index is 0.492. The zero-order chi connectivity index (χ0) is 17.8. The van der Waals surface area contributed by atoms with Crippen molar-refractivity contribution >= 4 is 23.2 Å². The van der Waals surface area contributed by atoms with E-state index in [0.717, 1.165) is 30.8 Å². The molecule has 1 amide bonds. The molecule has 0 saturated heterocycles. The number of nitrogens with one attached hydrogen (secondary N) is 1. The number of hydrogen-bond acceptors (Lipinski definition) is 3. The Morgan fingerprint density at radius 1 is 0.846 bits per heavy atom. The van der Waals surface area contributed by atoms with E-state index in [0.29, 0.717) is 5.75 Å². The van der Waals surface area contributed by atoms with Gasteiger partial charge in [-0.2, -0.15) is 0 Å². The molecule has 1 heterocycles. The first-order valence-electron chi connectivity index (χ1n) is 8.79. The standard InChI is InChI=1S/C22H20N2O2/c25-22(26-18-11-2-1-3-12-18)23-19-13-5-7-15-21(19)24-16-8-10-17-9-4-6-14-20(17)24/h1-7,9,11-15H,8,10,16H2,(H,23,25). The number of rotatable bonds is 3. The summed E-state index contributed by atoms with van der Waals surface area (Å²) >= 11 is 0. The third-order valence-corrected chi connectivity index (χ3v) is 4.50. The van der Waals surface area contributed by atoms with Crippen molar-refractivity contribution in [2.24, 2.45) is 0 Å². The molecule has 1 aliphatic rings. The van der Waals surface area contributed by atoms with Crippen LogP contribution in [-0.2, 0) is 6.42 Å². The van der Waals surface area contributed by atoms with Crippen LogP contribution in [0, 0.1) is 0 Å². The van der Waals surface area contributed by atoms with E-state index < -0.39 is 6.09 Å². The van der Waals surface area contributed by atoms with Crippen molar-refractivity contribution in [1.82, 2.24) is 0 Å². The fraction of sp³-hybridized carbons (Fsp3) is 0.136.